The Morgan fingerprint density at radius 2 is 1.89 bits per heavy atom. The second kappa shape index (κ2) is 8.44. The second-order valence-corrected chi connectivity index (χ2v) is 7.92. The lowest BCUT2D eigenvalue weighted by Gasteiger charge is -2.24. The van der Waals surface area contributed by atoms with Crippen molar-refractivity contribution in [1.82, 2.24) is 9.88 Å². The van der Waals surface area contributed by atoms with E-state index in [0.29, 0.717) is 6.54 Å². The zero-order valence-corrected chi connectivity index (χ0v) is 16.8. The van der Waals surface area contributed by atoms with Gasteiger partial charge in [0.15, 0.2) is 0 Å². The molecule has 0 aliphatic carbocycles. The van der Waals surface area contributed by atoms with Gasteiger partial charge >= 0.3 is 6.03 Å². The molecular weight excluding hydrogens is 368 g/mol. The Labute approximate surface area is 169 Å². The maximum atomic E-state index is 12.7. The van der Waals surface area contributed by atoms with Crippen LogP contribution in [0.4, 0.5) is 16.2 Å². The molecule has 2 heterocycles. The van der Waals surface area contributed by atoms with Gasteiger partial charge in [-0.1, -0.05) is 18.2 Å². The van der Waals surface area contributed by atoms with Crippen molar-refractivity contribution in [3.63, 3.8) is 0 Å². The van der Waals surface area contributed by atoms with Crippen molar-refractivity contribution in [1.29, 1.82) is 0 Å². The fraction of sp³-hybridized carbons (Fsp3) is 0.273. The van der Waals surface area contributed by atoms with Crippen LogP contribution in [0.25, 0.3) is 10.6 Å². The van der Waals surface area contributed by atoms with E-state index in [0.717, 1.165) is 29.3 Å². The third kappa shape index (κ3) is 4.17. The monoisotopic (exact) mass is 392 g/mol. The van der Waals surface area contributed by atoms with Crippen LogP contribution in [-0.2, 0) is 6.54 Å². The Kier molecular flexibility index (Phi) is 5.58. The molecule has 2 aromatic carbocycles. The molecule has 1 aliphatic heterocycles. The Balaban J connectivity index is 1.40. The Morgan fingerprint density at radius 3 is 2.61 bits per heavy atom. The third-order valence-corrected chi connectivity index (χ3v) is 5.83. The smallest absolute Gasteiger partial charge is 0.321 e. The number of benzene rings is 2. The molecule has 0 bridgehead atoms. The summed E-state index contributed by atoms with van der Waals surface area (Å²) in [5, 5.41) is 5.92. The molecule has 6 heteroatoms. The minimum atomic E-state index is -0.113. The van der Waals surface area contributed by atoms with Crippen LogP contribution in [0, 0.1) is 0 Å². The summed E-state index contributed by atoms with van der Waals surface area (Å²) in [6.45, 7) is 2.77. The van der Waals surface area contributed by atoms with Crippen LogP contribution in [-0.4, -0.2) is 36.1 Å². The molecule has 1 saturated heterocycles. The average Bonchev–Trinajstić information content (AvgIpc) is 3.43. The number of aromatic nitrogens is 1. The van der Waals surface area contributed by atoms with Gasteiger partial charge in [0, 0.05) is 55.2 Å². The first-order valence-electron chi connectivity index (χ1n) is 9.55. The van der Waals surface area contributed by atoms with E-state index in [1.165, 1.54) is 24.1 Å². The summed E-state index contributed by atoms with van der Waals surface area (Å²) in [4.78, 5) is 21.1. The summed E-state index contributed by atoms with van der Waals surface area (Å²) < 4.78 is 0. The number of anilines is 2. The molecule has 4 rings (SSSR count). The van der Waals surface area contributed by atoms with Gasteiger partial charge in [0.25, 0.3) is 0 Å². The number of para-hydroxylation sites is 1. The van der Waals surface area contributed by atoms with Gasteiger partial charge in [0.2, 0.25) is 0 Å². The molecule has 1 aliphatic rings. The molecule has 0 radical (unpaired) electrons. The van der Waals surface area contributed by atoms with Gasteiger partial charge in [-0.3, -0.25) is 0 Å². The minimum Gasteiger partial charge on any atom is -0.371 e. The Morgan fingerprint density at radius 1 is 1.14 bits per heavy atom. The molecule has 3 aromatic rings. The number of urea groups is 1. The SMILES string of the molecule is CN(Cc1ccccc1N1CCCC1)C(=O)Nc1ccc(-c2nccs2)cc1. The summed E-state index contributed by atoms with van der Waals surface area (Å²) >= 11 is 1.60. The number of rotatable bonds is 5. The van der Waals surface area contributed by atoms with E-state index in [1.54, 1.807) is 22.4 Å². The van der Waals surface area contributed by atoms with Crippen molar-refractivity contribution < 1.29 is 4.79 Å². The molecule has 2 amide bonds. The van der Waals surface area contributed by atoms with Crippen LogP contribution in [0.3, 0.4) is 0 Å². The van der Waals surface area contributed by atoms with Crippen molar-refractivity contribution in [2.24, 2.45) is 0 Å². The largest absolute Gasteiger partial charge is 0.371 e. The van der Waals surface area contributed by atoms with Gasteiger partial charge in [-0.2, -0.15) is 0 Å². The first-order chi connectivity index (χ1) is 13.7. The molecule has 5 nitrogen and oxygen atoms in total. The number of thiazole rings is 1. The molecular formula is C22H24N4OS. The van der Waals surface area contributed by atoms with Gasteiger partial charge in [0.05, 0.1) is 0 Å². The van der Waals surface area contributed by atoms with E-state index in [9.17, 15) is 4.79 Å². The number of hydrogen-bond acceptors (Lipinski definition) is 4. The second-order valence-electron chi connectivity index (χ2n) is 7.02. The van der Waals surface area contributed by atoms with Crippen molar-refractivity contribution >= 4 is 28.7 Å². The molecule has 1 N–H and O–H groups in total. The van der Waals surface area contributed by atoms with E-state index in [1.807, 2.05) is 42.8 Å². The van der Waals surface area contributed by atoms with Crippen LogP contribution >= 0.6 is 11.3 Å². The third-order valence-electron chi connectivity index (χ3n) is 5.01. The number of carbonyl (C=O) groups is 1. The molecule has 28 heavy (non-hydrogen) atoms. The summed E-state index contributed by atoms with van der Waals surface area (Å²) in [5.41, 5.74) is 4.26. The minimum absolute atomic E-state index is 0.113. The zero-order valence-electron chi connectivity index (χ0n) is 16.0. The summed E-state index contributed by atoms with van der Waals surface area (Å²) in [5.74, 6) is 0. The first-order valence-corrected chi connectivity index (χ1v) is 10.4. The van der Waals surface area contributed by atoms with Gasteiger partial charge < -0.3 is 15.1 Å². The van der Waals surface area contributed by atoms with Crippen molar-refractivity contribution in [3.8, 4) is 10.6 Å². The quantitative estimate of drug-likeness (QED) is 0.659. The predicted octanol–water partition coefficient (Wildman–Crippen LogP) is 5.07. The summed E-state index contributed by atoms with van der Waals surface area (Å²) in [6.07, 6.45) is 4.27. The molecule has 1 aromatic heterocycles. The first kappa shape index (κ1) is 18.5. The molecule has 1 fully saturated rings. The summed E-state index contributed by atoms with van der Waals surface area (Å²) in [6, 6.07) is 16.1. The standard InChI is InChI=1S/C22H24N4OS/c1-25(16-18-6-2-3-7-20(18)26-13-4-5-14-26)22(27)24-19-10-8-17(9-11-19)21-23-12-15-28-21/h2-3,6-12,15H,4-5,13-14,16H2,1H3,(H,24,27). The lowest BCUT2D eigenvalue weighted by atomic mass is 10.1. The molecule has 0 saturated carbocycles. The molecule has 0 spiro atoms. The fourth-order valence-electron chi connectivity index (χ4n) is 3.52. The van der Waals surface area contributed by atoms with Crippen LogP contribution in [0.15, 0.2) is 60.1 Å². The zero-order chi connectivity index (χ0) is 19.3. The number of hydrogen-bond donors (Lipinski definition) is 1. The van der Waals surface area contributed by atoms with Gasteiger partial charge in [-0.15, -0.1) is 11.3 Å². The fourth-order valence-corrected chi connectivity index (χ4v) is 4.16. The van der Waals surface area contributed by atoms with Crippen LogP contribution in [0.2, 0.25) is 0 Å². The number of amides is 2. The van der Waals surface area contributed by atoms with E-state index in [-0.39, 0.29) is 6.03 Å². The highest BCUT2D eigenvalue weighted by Gasteiger charge is 2.17. The highest BCUT2D eigenvalue weighted by molar-refractivity contribution is 7.13. The van der Waals surface area contributed by atoms with Crippen LogP contribution in [0.1, 0.15) is 18.4 Å². The molecule has 0 atom stereocenters. The number of nitrogens with zero attached hydrogens (tertiary/aromatic N) is 3. The van der Waals surface area contributed by atoms with Crippen molar-refractivity contribution in [2.75, 3.05) is 30.4 Å². The van der Waals surface area contributed by atoms with Crippen molar-refractivity contribution in [3.05, 3.63) is 65.7 Å². The highest BCUT2D eigenvalue weighted by atomic mass is 32.1. The lowest BCUT2D eigenvalue weighted by Crippen LogP contribution is -2.31. The van der Waals surface area contributed by atoms with Crippen molar-refractivity contribution in [2.45, 2.75) is 19.4 Å². The lowest BCUT2D eigenvalue weighted by molar-refractivity contribution is 0.220. The van der Waals surface area contributed by atoms with E-state index in [4.69, 9.17) is 0 Å². The van der Waals surface area contributed by atoms with Crippen LogP contribution < -0.4 is 10.2 Å². The van der Waals surface area contributed by atoms with Crippen LogP contribution in [0.5, 0.6) is 0 Å². The van der Waals surface area contributed by atoms with E-state index in [2.05, 4.69) is 33.4 Å². The normalized spacial score (nSPS) is 13.5. The Hall–Kier alpha value is -2.86. The van der Waals surface area contributed by atoms with E-state index < -0.39 is 0 Å². The van der Waals surface area contributed by atoms with Gasteiger partial charge in [-0.25, -0.2) is 9.78 Å². The van der Waals surface area contributed by atoms with Gasteiger partial charge in [-0.05, 0) is 48.7 Å². The molecule has 144 valence electrons. The highest BCUT2D eigenvalue weighted by Crippen LogP contribution is 2.26. The Bertz CT molecular complexity index is 918. The molecule has 0 unspecified atom stereocenters. The maximum Gasteiger partial charge on any atom is 0.321 e. The maximum absolute atomic E-state index is 12.7. The predicted molar refractivity (Wildman–Crippen MR) is 116 cm³/mol. The topological polar surface area (TPSA) is 48.5 Å². The van der Waals surface area contributed by atoms with E-state index >= 15 is 0 Å². The number of carbonyl (C=O) groups excluding carboxylic acids is 1. The summed E-state index contributed by atoms with van der Waals surface area (Å²) in [7, 11) is 1.83. The van der Waals surface area contributed by atoms with Gasteiger partial charge in [0.1, 0.15) is 5.01 Å². The number of nitrogens with one attached hydrogen (secondary N) is 1. The average molecular weight is 393 g/mol.